The molecule has 0 aromatic heterocycles. The van der Waals surface area contributed by atoms with Gasteiger partial charge in [-0.15, -0.1) is 0 Å². The number of phenolic OH excluding ortho intramolecular Hbond substituents is 1. The second-order valence-corrected chi connectivity index (χ2v) is 4.52. The van der Waals surface area contributed by atoms with Gasteiger partial charge in [0.25, 0.3) is 0 Å². The summed E-state index contributed by atoms with van der Waals surface area (Å²) >= 11 is 0. The molecule has 0 bridgehead atoms. The van der Waals surface area contributed by atoms with Gasteiger partial charge < -0.3 is 14.6 Å². The zero-order chi connectivity index (χ0) is 16.4. The van der Waals surface area contributed by atoms with Crippen molar-refractivity contribution < 1.29 is 34.6 Å². The second kappa shape index (κ2) is 9.96. The van der Waals surface area contributed by atoms with Crippen molar-refractivity contribution in [2.24, 2.45) is 0 Å². The number of hydrogen-bond donors (Lipinski definition) is 3. The molecule has 124 valence electrons. The standard InChI is InChI=1S/C14H21NO7/c1-20-13-10-11(6-7-12(13)16)14(17)21-8-4-2-3-5-9-22-15(18)19/h6-7,10,16,18-19H,2-5,8-9H2,1H3. The Morgan fingerprint density at radius 3 is 2.45 bits per heavy atom. The van der Waals surface area contributed by atoms with Crippen molar-refractivity contribution in [3.63, 3.8) is 0 Å². The highest BCUT2D eigenvalue weighted by Crippen LogP contribution is 2.26. The van der Waals surface area contributed by atoms with Crippen LogP contribution in [0.5, 0.6) is 11.5 Å². The molecule has 0 spiro atoms. The average molecular weight is 315 g/mol. The lowest BCUT2D eigenvalue weighted by Gasteiger charge is -2.08. The van der Waals surface area contributed by atoms with E-state index in [0.29, 0.717) is 18.4 Å². The first kappa shape index (κ1) is 18.2. The van der Waals surface area contributed by atoms with Crippen LogP contribution in [0.2, 0.25) is 0 Å². The molecule has 0 saturated carbocycles. The molecule has 0 aliphatic heterocycles. The molecule has 0 heterocycles. The number of unbranched alkanes of at least 4 members (excludes halogenated alkanes) is 3. The Bertz CT molecular complexity index is 465. The maximum atomic E-state index is 11.8. The smallest absolute Gasteiger partial charge is 0.338 e. The fraction of sp³-hybridized carbons (Fsp3) is 0.500. The summed E-state index contributed by atoms with van der Waals surface area (Å²) < 4.78 is 10.0. The van der Waals surface area contributed by atoms with Gasteiger partial charge in [0, 0.05) is 0 Å². The Kier molecular flexibility index (Phi) is 8.23. The molecule has 0 aliphatic carbocycles. The van der Waals surface area contributed by atoms with Crippen molar-refractivity contribution >= 4 is 5.97 Å². The van der Waals surface area contributed by atoms with Crippen molar-refractivity contribution in [1.82, 2.24) is 5.39 Å². The summed E-state index contributed by atoms with van der Waals surface area (Å²) in [6.45, 7) is 0.495. The summed E-state index contributed by atoms with van der Waals surface area (Å²) in [4.78, 5) is 16.2. The number of carbonyl (C=O) groups excluding carboxylic acids is 1. The van der Waals surface area contributed by atoms with E-state index in [9.17, 15) is 9.90 Å². The van der Waals surface area contributed by atoms with Crippen molar-refractivity contribution in [3.05, 3.63) is 23.8 Å². The first-order valence-electron chi connectivity index (χ1n) is 6.89. The van der Waals surface area contributed by atoms with Crippen LogP contribution in [0.4, 0.5) is 0 Å². The lowest BCUT2D eigenvalue weighted by Crippen LogP contribution is -2.14. The highest BCUT2D eigenvalue weighted by molar-refractivity contribution is 5.90. The lowest BCUT2D eigenvalue weighted by molar-refractivity contribution is -0.492. The number of phenols is 1. The van der Waals surface area contributed by atoms with E-state index in [1.54, 1.807) is 0 Å². The molecular formula is C14H21NO7. The number of carbonyl (C=O) groups is 1. The molecule has 0 atom stereocenters. The molecule has 0 amide bonds. The topological polar surface area (TPSA) is 109 Å². The predicted octanol–water partition coefficient (Wildman–Crippen LogP) is 2.13. The van der Waals surface area contributed by atoms with Crippen molar-refractivity contribution in [3.8, 4) is 11.5 Å². The van der Waals surface area contributed by atoms with Crippen LogP contribution in [0.25, 0.3) is 0 Å². The summed E-state index contributed by atoms with van der Waals surface area (Å²) in [6, 6.07) is 4.26. The molecule has 0 saturated heterocycles. The fourth-order valence-corrected chi connectivity index (χ4v) is 1.76. The van der Waals surface area contributed by atoms with Crippen LogP contribution in [0.15, 0.2) is 18.2 Å². The second-order valence-electron chi connectivity index (χ2n) is 4.52. The lowest BCUT2D eigenvalue weighted by atomic mass is 10.2. The van der Waals surface area contributed by atoms with Gasteiger partial charge in [0.15, 0.2) is 11.5 Å². The maximum absolute atomic E-state index is 11.8. The van der Waals surface area contributed by atoms with E-state index in [2.05, 4.69) is 4.84 Å². The van der Waals surface area contributed by atoms with Gasteiger partial charge in [-0.25, -0.2) is 4.79 Å². The summed E-state index contributed by atoms with van der Waals surface area (Å²) in [5.74, 6) is -0.292. The van der Waals surface area contributed by atoms with Gasteiger partial charge in [0.1, 0.15) is 0 Å². The molecule has 0 fully saturated rings. The van der Waals surface area contributed by atoms with Gasteiger partial charge in [-0.05, 0) is 37.5 Å². The Hall–Kier alpha value is -1.87. The average Bonchev–Trinajstić information content (AvgIpc) is 2.49. The van der Waals surface area contributed by atoms with E-state index in [4.69, 9.17) is 19.9 Å². The third-order valence-electron chi connectivity index (χ3n) is 2.89. The SMILES string of the molecule is COc1cc(C(=O)OCCCCCCON(O)O)ccc1O. The fourth-order valence-electron chi connectivity index (χ4n) is 1.76. The van der Waals surface area contributed by atoms with Crippen LogP contribution in [-0.4, -0.2) is 47.2 Å². The molecule has 8 nitrogen and oxygen atoms in total. The minimum Gasteiger partial charge on any atom is -0.504 e. The molecule has 3 N–H and O–H groups in total. The van der Waals surface area contributed by atoms with E-state index in [1.165, 1.54) is 25.3 Å². The number of benzene rings is 1. The highest BCUT2D eigenvalue weighted by Gasteiger charge is 2.10. The van der Waals surface area contributed by atoms with Crippen LogP contribution in [0.1, 0.15) is 36.0 Å². The van der Waals surface area contributed by atoms with E-state index in [-0.39, 0.29) is 30.1 Å². The van der Waals surface area contributed by atoms with E-state index in [0.717, 1.165) is 12.8 Å². The zero-order valence-electron chi connectivity index (χ0n) is 12.4. The number of nitrogens with zero attached hydrogens (tertiary/aromatic N) is 1. The largest absolute Gasteiger partial charge is 0.504 e. The molecule has 1 aromatic rings. The minimum absolute atomic E-state index is 0.0365. The molecule has 22 heavy (non-hydrogen) atoms. The van der Waals surface area contributed by atoms with Gasteiger partial charge in [-0.1, -0.05) is 6.42 Å². The number of rotatable bonds is 10. The Balaban J connectivity index is 2.18. The van der Waals surface area contributed by atoms with Crippen LogP contribution in [0.3, 0.4) is 0 Å². The van der Waals surface area contributed by atoms with Gasteiger partial charge >= 0.3 is 5.97 Å². The molecule has 0 radical (unpaired) electrons. The van der Waals surface area contributed by atoms with Crippen LogP contribution < -0.4 is 4.74 Å². The van der Waals surface area contributed by atoms with E-state index < -0.39 is 5.97 Å². The van der Waals surface area contributed by atoms with Crippen molar-refractivity contribution in [2.45, 2.75) is 25.7 Å². The first-order valence-corrected chi connectivity index (χ1v) is 6.89. The van der Waals surface area contributed by atoms with Gasteiger partial charge in [0.05, 0.1) is 31.3 Å². The van der Waals surface area contributed by atoms with E-state index >= 15 is 0 Å². The van der Waals surface area contributed by atoms with Crippen LogP contribution >= 0.6 is 0 Å². The third kappa shape index (κ3) is 6.72. The summed E-state index contributed by atoms with van der Waals surface area (Å²) in [5.41, 5.74) is 0.314. The zero-order valence-corrected chi connectivity index (χ0v) is 12.4. The number of aromatic hydroxyl groups is 1. The quantitative estimate of drug-likeness (QED) is 0.342. The Labute approximate surface area is 128 Å². The molecule has 0 aliphatic rings. The highest BCUT2D eigenvalue weighted by atomic mass is 17.1. The molecule has 8 heteroatoms. The molecule has 1 rings (SSSR count). The van der Waals surface area contributed by atoms with Gasteiger partial charge in [-0.3, -0.25) is 15.3 Å². The Morgan fingerprint density at radius 2 is 1.82 bits per heavy atom. The van der Waals surface area contributed by atoms with Crippen molar-refractivity contribution in [1.29, 1.82) is 0 Å². The van der Waals surface area contributed by atoms with E-state index in [1.807, 2.05) is 0 Å². The van der Waals surface area contributed by atoms with Crippen LogP contribution in [-0.2, 0) is 9.57 Å². The van der Waals surface area contributed by atoms with Gasteiger partial charge in [0.2, 0.25) is 0 Å². The number of esters is 1. The normalized spacial score (nSPS) is 10.7. The van der Waals surface area contributed by atoms with Crippen molar-refractivity contribution in [2.75, 3.05) is 20.3 Å². The monoisotopic (exact) mass is 315 g/mol. The number of methoxy groups -OCH3 is 1. The van der Waals surface area contributed by atoms with Gasteiger partial charge in [-0.2, -0.15) is 0 Å². The maximum Gasteiger partial charge on any atom is 0.338 e. The first-order chi connectivity index (χ1) is 10.5. The summed E-state index contributed by atoms with van der Waals surface area (Å²) in [5, 5.41) is 25.7. The third-order valence-corrected chi connectivity index (χ3v) is 2.89. The number of hydrogen-bond acceptors (Lipinski definition) is 8. The number of ether oxygens (including phenoxy) is 2. The van der Waals surface area contributed by atoms with Crippen LogP contribution in [0, 0.1) is 0 Å². The summed E-state index contributed by atoms with van der Waals surface area (Å²) in [6.07, 6.45) is 3.01. The molecule has 0 unspecified atom stereocenters. The Morgan fingerprint density at radius 1 is 1.14 bits per heavy atom. The summed E-state index contributed by atoms with van der Waals surface area (Å²) in [7, 11) is 1.40. The molecular weight excluding hydrogens is 294 g/mol. The minimum atomic E-state index is -0.474. The predicted molar refractivity (Wildman–Crippen MR) is 74.8 cm³/mol. The molecule has 1 aromatic carbocycles.